The molecule has 0 saturated heterocycles. The predicted octanol–water partition coefficient (Wildman–Crippen LogP) is 3.68. The van der Waals surface area contributed by atoms with E-state index in [-0.39, 0.29) is 0 Å². The molecule has 0 heterocycles. The van der Waals surface area contributed by atoms with E-state index in [9.17, 15) is 0 Å². The third kappa shape index (κ3) is 4.07. The van der Waals surface area contributed by atoms with Crippen molar-refractivity contribution in [3.05, 3.63) is 34.9 Å². The summed E-state index contributed by atoms with van der Waals surface area (Å²) < 4.78 is 0. The lowest BCUT2D eigenvalue weighted by Gasteiger charge is -2.30. The standard InChI is InChI=1S/C18H30N2/c1-13(2)11-20(16-8-9-16)12-18(19-5)17-10-14(3)6-7-15(17)4/h6-7,10,13,16,18-19H,8-9,11-12H2,1-5H3. The van der Waals surface area contributed by atoms with E-state index in [1.807, 2.05) is 0 Å². The van der Waals surface area contributed by atoms with Crippen LogP contribution in [0.5, 0.6) is 0 Å². The maximum atomic E-state index is 3.53. The monoisotopic (exact) mass is 274 g/mol. The molecule has 1 fully saturated rings. The molecule has 1 aliphatic rings. The van der Waals surface area contributed by atoms with Crippen LogP contribution in [0.25, 0.3) is 0 Å². The van der Waals surface area contributed by atoms with Gasteiger partial charge in [-0.3, -0.25) is 4.90 Å². The van der Waals surface area contributed by atoms with Gasteiger partial charge >= 0.3 is 0 Å². The van der Waals surface area contributed by atoms with Crippen molar-refractivity contribution < 1.29 is 0 Å². The van der Waals surface area contributed by atoms with Gasteiger partial charge in [-0.15, -0.1) is 0 Å². The van der Waals surface area contributed by atoms with Gasteiger partial charge in [-0.1, -0.05) is 37.6 Å². The number of nitrogens with one attached hydrogen (secondary N) is 1. The van der Waals surface area contributed by atoms with Crippen LogP contribution >= 0.6 is 0 Å². The summed E-state index contributed by atoms with van der Waals surface area (Å²) in [6.45, 7) is 11.4. The topological polar surface area (TPSA) is 15.3 Å². The molecule has 0 spiro atoms. The van der Waals surface area contributed by atoms with Gasteiger partial charge in [0.25, 0.3) is 0 Å². The Balaban J connectivity index is 2.12. The van der Waals surface area contributed by atoms with Crippen LogP contribution < -0.4 is 5.32 Å². The van der Waals surface area contributed by atoms with Gasteiger partial charge in [-0.25, -0.2) is 0 Å². The highest BCUT2D eigenvalue weighted by Gasteiger charge is 2.31. The van der Waals surface area contributed by atoms with Crippen molar-refractivity contribution >= 4 is 0 Å². The number of hydrogen-bond donors (Lipinski definition) is 1. The Bertz CT molecular complexity index is 435. The van der Waals surface area contributed by atoms with E-state index in [1.54, 1.807) is 0 Å². The smallest absolute Gasteiger partial charge is 0.0449 e. The van der Waals surface area contributed by atoms with E-state index < -0.39 is 0 Å². The van der Waals surface area contributed by atoms with Crippen LogP contribution in [0.1, 0.15) is 49.4 Å². The summed E-state index contributed by atoms with van der Waals surface area (Å²) in [5.41, 5.74) is 4.21. The molecule has 0 aromatic heterocycles. The maximum absolute atomic E-state index is 3.53. The highest BCUT2D eigenvalue weighted by Crippen LogP contribution is 2.30. The molecule has 112 valence electrons. The number of nitrogens with zero attached hydrogens (tertiary/aromatic N) is 1. The normalized spacial score (nSPS) is 16.9. The fourth-order valence-corrected chi connectivity index (χ4v) is 3.00. The van der Waals surface area contributed by atoms with Crippen LogP contribution in [-0.4, -0.2) is 31.1 Å². The summed E-state index contributed by atoms with van der Waals surface area (Å²) in [7, 11) is 2.09. The van der Waals surface area contributed by atoms with Crippen LogP contribution in [0.15, 0.2) is 18.2 Å². The number of rotatable bonds is 7. The van der Waals surface area contributed by atoms with Gasteiger partial charge in [0, 0.05) is 25.2 Å². The maximum Gasteiger partial charge on any atom is 0.0449 e. The molecule has 0 aliphatic heterocycles. The van der Waals surface area contributed by atoms with Crippen LogP contribution in [0, 0.1) is 19.8 Å². The molecule has 1 aliphatic carbocycles. The molecule has 0 bridgehead atoms. The molecule has 1 unspecified atom stereocenters. The first kappa shape index (κ1) is 15.5. The first-order valence-corrected chi connectivity index (χ1v) is 7.99. The second-order valence-corrected chi connectivity index (χ2v) is 6.78. The number of hydrogen-bond acceptors (Lipinski definition) is 2. The van der Waals surface area contributed by atoms with E-state index in [2.05, 4.69) is 63.2 Å². The molecule has 2 rings (SSSR count). The van der Waals surface area contributed by atoms with Crippen LogP contribution in [0.2, 0.25) is 0 Å². The van der Waals surface area contributed by atoms with Crippen molar-refractivity contribution in [3.8, 4) is 0 Å². The average Bonchev–Trinajstić information content (AvgIpc) is 3.21. The molecule has 2 heteroatoms. The van der Waals surface area contributed by atoms with Crippen LogP contribution in [0.4, 0.5) is 0 Å². The van der Waals surface area contributed by atoms with Crippen LogP contribution in [-0.2, 0) is 0 Å². The molecule has 1 saturated carbocycles. The minimum absolute atomic E-state index is 0.439. The van der Waals surface area contributed by atoms with Gasteiger partial charge < -0.3 is 5.32 Å². The largest absolute Gasteiger partial charge is 0.312 e. The highest BCUT2D eigenvalue weighted by atomic mass is 15.2. The summed E-state index contributed by atoms with van der Waals surface area (Å²) in [4.78, 5) is 2.69. The molecular formula is C18H30N2. The van der Waals surface area contributed by atoms with Gasteiger partial charge in [0.15, 0.2) is 0 Å². The Morgan fingerprint density at radius 2 is 1.90 bits per heavy atom. The zero-order valence-electron chi connectivity index (χ0n) is 13.7. The molecule has 20 heavy (non-hydrogen) atoms. The summed E-state index contributed by atoms with van der Waals surface area (Å²) in [5, 5.41) is 3.53. The Morgan fingerprint density at radius 3 is 2.45 bits per heavy atom. The molecule has 1 aromatic carbocycles. The SMILES string of the molecule is CNC(CN(CC(C)C)C1CC1)c1cc(C)ccc1C. The second-order valence-electron chi connectivity index (χ2n) is 6.78. The van der Waals surface area contributed by atoms with Crippen LogP contribution in [0.3, 0.4) is 0 Å². The third-order valence-corrected chi connectivity index (χ3v) is 4.24. The minimum atomic E-state index is 0.439. The molecule has 1 aromatic rings. The quantitative estimate of drug-likeness (QED) is 0.816. The van der Waals surface area contributed by atoms with Gasteiger partial charge in [0.2, 0.25) is 0 Å². The van der Waals surface area contributed by atoms with Gasteiger partial charge in [0.1, 0.15) is 0 Å². The van der Waals surface area contributed by atoms with Gasteiger partial charge in [-0.05, 0) is 50.8 Å². The van der Waals surface area contributed by atoms with Crippen molar-refractivity contribution in [1.82, 2.24) is 10.2 Å². The Labute approximate surface area is 124 Å². The fourth-order valence-electron chi connectivity index (χ4n) is 3.00. The van der Waals surface area contributed by atoms with Crippen molar-refractivity contribution in [2.75, 3.05) is 20.1 Å². The lowest BCUT2D eigenvalue weighted by Crippen LogP contribution is -2.37. The lowest BCUT2D eigenvalue weighted by atomic mass is 9.98. The minimum Gasteiger partial charge on any atom is -0.312 e. The molecular weight excluding hydrogens is 244 g/mol. The van der Waals surface area contributed by atoms with Crippen molar-refractivity contribution in [1.29, 1.82) is 0 Å². The highest BCUT2D eigenvalue weighted by molar-refractivity contribution is 5.33. The van der Waals surface area contributed by atoms with Gasteiger partial charge in [0.05, 0.1) is 0 Å². The summed E-state index contributed by atoms with van der Waals surface area (Å²) >= 11 is 0. The summed E-state index contributed by atoms with van der Waals surface area (Å²) in [5.74, 6) is 0.742. The van der Waals surface area contributed by atoms with Crippen molar-refractivity contribution in [2.24, 2.45) is 5.92 Å². The number of aryl methyl sites for hydroxylation is 2. The molecule has 1 N–H and O–H groups in total. The Morgan fingerprint density at radius 1 is 1.20 bits per heavy atom. The van der Waals surface area contributed by atoms with Gasteiger partial charge in [-0.2, -0.15) is 0 Å². The van der Waals surface area contributed by atoms with E-state index >= 15 is 0 Å². The lowest BCUT2D eigenvalue weighted by molar-refractivity contribution is 0.212. The molecule has 1 atom stereocenters. The Kier molecular flexibility index (Phi) is 5.22. The Hall–Kier alpha value is -0.860. The van der Waals surface area contributed by atoms with E-state index in [4.69, 9.17) is 0 Å². The van der Waals surface area contributed by atoms with Crippen molar-refractivity contribution in [3.63, 3.8) is 0 Å². The summed E-state index contributed by atoms with van der Waals surface area (Å²) in [6, 6.07) is 8.07. The fraction of sp³-hybridized carbons (Fsp3) is 0.667. The summed E-state index contributed by atoms with van der Waals surface area (Å²) in [6.07, 6.45) is 2.77. The molecule has 0 radical (unpaired) electrons. The van der Waals surface area contributed by atoms with Crippen molar-refractivity contribution in [2.45, 2.75) is 52.6 Å². The third-order valence-electron chi connectivity index (χ3n) is 4.24. The van der Waals surface area contributed by atoms with E-state index in [1.165, 1.54) is 36.1 Å². The van der Waals surface area contributed by atoms with E-state index in [0.29, 0.717) is 6.04 Å². The first-order valence-electron chi connectivity index (χ1n) is 7.99. The predicted molar refractivity (Wildman–Crippen MR) is 87.1 cm³/mol. The zero-order chi connectivity index (χ0) is 14.7. The second kappa shape index (κ2) is 6.73. The average molecular weight is 274 g/mol. The number of benzene rings is 1. The zero-order valence-corrected chi connectivity index (χ0v) is 13.7. The first-order chi connectivity index (χ1) is 9.51. The molecule has 0 amide bonds. The number of likely N-dealkylation sites (N-methyl/N-ethyl adjacent to an activating group) is 1. The molecule has 2 nitrogen and oxygen atoms in total. The van der Waals surface area contributed by atoms with E-state index in [0.717, 1.165) is 18.5 Å².